The van der Waals surface area contributed by atoms with Crippen molar-refractivity contribution in [2.75, 3.05) is 64.4 Å². The lowest BCUT2D eigenvalue weighted by atomic mass is 9.90. The Labute approximate surface area is 261 Å². The molecule has 0 unspecified atom stereocenters. The van der Waals surface area contributed by atoms with E-state index in [9.17, 15) is 14.0 Å². The molecule has 44 heavy (non-hydrogen) atoms. The Bertz CT molecular complexity index is 1650. The van der Waals surface area contributed by atoms with Crippen LogP contribution in [0.25, 0.3) is 5.65 Å². The lowest BCUT2D eigenvalue weighted by Crippen LogP contribution is -2.62. The molecule has 3 aliphatic rings. The van der Waals surface area contributed by atoms with Crippen molar-refractivity contribution in [1.82, 2.24) is 35.0 Å². The molecule has 2 N–H and O–H groups in total. The van der Waals surface area contributed by atoms with Gasteiger partial charge in [-0.05, 0) is 37.6 Å². The molecule has 2 saturated heterocycles. The maximum absolute atomic E-state index is 14.3. The first kappa shape index (κ1) is 26.9. The standard InChI is InChI=1S/C32H43FN8O3/c1-20-15-39(25(14-35-20)16-38-10-11-44-18-21(38)2)17-27(42)40-19-32(3,4)28-26(40)13-23(12-22-6-8-24(33)9-7-22)30-36-29(31(43)34-5)37-41(28)30/h6-9,13,20-21,25,35H,10-12,14-19H2,1-5H3,(H,34,43)/t20-,21-,25-/m1/s1/i5D3. The monoisotopic (exact) mass is 609 g/mol. The zero-order valence-electron chi connectivity index (χ0n) is 28.8. The number of anilines is 1. The summed E-state index contributed by atoms with van der Waals surface area (Å²) in [6, 6.07) is 8.70. The minimum Gasteiger partial charge on any atom is -0.379 e. The number of amides is 2. The Hall–Kier alpha value is -3.45. The van der Waals surface area contributed by atoms with Crippen LogP contribution in [-0.4, -0.2) is 114 Å². The number of ether oxygens (including phenoxy) is 1. The van der Waals surface area contributed by atoms with Crippen LogP contribution in [0.1, 0.15) is 59.2 Å². The largest absolute Gasteiger partial charge is 0.379 e. The highest BCUT2D eigenvalue weighted by molar-refractivity contribution is 5.98. The Balaban J connectivity index is 1.35. The third-order valence-corrected chi connectivity index (χ3v) is 9.09. The summed E-state index contributed by atoms with van der Waals surface area (Å²) >= 11 is 0. The van der Waals surface area contributed by atoms with Crippen LogP contribution in [0.5, 0.6) is 0 Å². The molecular formula is C32H43FN8O3. The van der Waals surface area contributed by atoms with Crippen molar-refractivity contribution in [3.05, 3.63) is 58.8 Å². The number of carbonyl (C=O) groups is 2. The molecule has 2 fully saturated rings. The van der Waals surface area contributed by atoms with Gasteiger partial charge in [0.1, 0.15) is 5.82 Å². The van der Waals surface area contributed by atoms with Gasteiger partial charge in [-0.25, -0.2) is 13.9 Å². The molecule has 236 valence electrons. The number of hydrogen-bond acceptors (Lipinski definition) is 8. The smallest absolute Gasteiger partial charge is 0.290 e. The molecule has 6 rings (SSSR count). The second kappa shape index (κ2) is 12.2. The third-order valence-electron chi connectivity index (χ3n) is 9.09. The molecule has 0 spiro atoms. The summed E-state index contributed by atoms with van der Waals surface area (Å²) in [4.78, 5) is 38.2. The maximum Gasteiger partial charge on any atom is 0.290 e. The van der Waals surface area contributed by atoms with E-state index in [0.29, 0.717) is 54.8 Å². The second-order valence-corrected chi connectivity index (χ2v) is 13.0. The molecule has 2 aromatic heterocycles. The Kier molecular flexibility index (Phi) is 7.43. The van der Waals surface area contributed by atoms with Gasteiger partial charge in [0.2, 0.25) is 11.7 Å². The highest BCUT2D eigenvalue weighted by Crippen LogP contribution is 2.42. The molecule has 0 aliphatic carbocycles. The van der Waals surface area contributed by atoms with Crippen molar-refractivity contribution in [3.63, 3.8) is 0 Å². The predicted octanol–water partition coefficient (Wildman–Crippen LogP) is 1.83. The van der Waals surface area contributed by atoms with Crippen molar-refractivity contribution in [2.24, 2.45) is 0 Å². The van der Waals surface area contributed by atoms with Crippen LogP contribution in [0.15, 0.2) is 30.3 Å². The van der Waals surface area contributed by atoms with Gasteiger partial charge < -0.3 is 20.3 Å². The summed E-state index contributed by atoms with van der Waals surface area (Å²) < 4.78 is 43.4. The van der Waals surface area contributed by atoms with E-state index in [0.717, 1.165) is 31.7 Å². The first-order chi connectivity index (χ1) is 22.2. The number of halogens is 1. The van der Waals surface area contributed by atoms with Crippen LogP contribution in [0, 0.1) is 5.82 Å². The topological polar surface area (TPSA) is 107 Å². The number of piperazine rings is 1. The number of fused-ring (bicyclic) bond motifs is 3. The van der Waals surface area contributed by atoms with E-state index in [2.05, 4.69) is 39.0 Å². The summed E-state index contributed by atoms with van der Waals surface area (Å²) in [5, 5.41) is 10.0. The predicted molar refractivity (Wildman–Crippen MR) is 166 cm³/mol. The van der Waals surface area contributed by atoms with Gasteiger partial charge in [0.05, 0.1) is 31.1 Å². The van der Waals surface area contributed by atoms with Gasteiger partial charge in [0.25, 0.3) is 5.91 Å². The Morgan fingerprint density at radius 3 is 2.77 bits per heavy atom. The lowest BCUT2D eigenvalue weighted by molar-refractivity contribution is -0.121. The number of rotatable bonds is 7. The molecule has 11 nitrogen and oxygen atoms in total. The summed E-state index contributed by atoms with van der Waals surface area (Å²) in [6.45, 7) is 10.8. The fourth-order valence-electron chi connectivity index (χ4n) is 6.77. The van der Waals surface area contributed by atoms with Crippen LogP contribution in [0.2, 0.25) is 0 Å². The maximum atomic E-state index is 14.3. The van der Waals surface area contributed by atoms with Crippen LogP contribution < -0.4 is 15.5 Å². The molecular weight excluding hydrogens is 563 g/mol. The van der Waals surface area contributed by atoms with Crippen molar-refractivity contribution < 1.29 is 22.8 Å². The molecule has 0 radical (unpaired) electrons. The highest BCUT2D eigenvalue weighted by Gasteiger charge is 2.43. The zero-order valence-corrected chi connectivity index (χ0v) is 25.8. The quantitative estimate of drug-likeness (QED) is 0.418. The highest BCUT2D eigenvalue weighted by atomic mass is 19.1. The molecule has 3 atom stereocenters. The lowest BCUT2D eigenvalue weighted by Gasteiger charge is -2.43. The van der Waals surface area contributed by atoms with Crippen LogP contribution in [0.4, 0.5) is 10.1 Å². The molecule has 3 aromatic rings. The summed E-state index contributed by atoms with van der Waals surface area (Å²) in [6.07, 6.45) is 0.327. The number of hydrogen-bond donors (Lipinski definition) is 2. The second-order valence-electron chi connectivity index (χ2n) is 13.0. The van der Waals surface area contributed by atoms with Crippen molar-refractivity contribution in [3.8, 4) is 0 Å². The van der Waals surface area contributed by atoms with Gasteiger partial charge >= 0.3 is 0 Å². The van der Waals surface area contributed by atoms with Crippen LogP contribution >= 0.6 is 0 Å². The molecule has 1 aromatic carbocycles. The van der Waals surface area contributed by atoms with Gasteiger partial charge in [-0.15, -0.1) is 5.10 Å². The Morgan fingerprint density at radius 1 is 1.23 bits per heavy atom. The van der Waals surface area contributed by atoms with E-state index < -0.39 is 18.3 Å². The number of aromatic nitrogens is 3. The molecule has 2 amide bonds. The average Bonchev–Trinajstić information content (AvgIpc) is 3.55. The van der Waals surface area contributed by atoms with Crippen molar-refractivity contribution in [2.45, 2.75) is 57.7 Å². The fraction of sp³-hybridized carbons (Fsp3) is 0.562. The molecule has 3 aliphatic heterocycles. The van der Waals surface area contributed by atoms with E-state index in [4.69, 9.17) is 8.85 Å². The van der Waals surface area contributed by atoms with Crippen molar-refractivity contribution in [1.29, 1.82) is 0 Å². The first-order valence-corrected chi connectivity index (χ1v) is 15.3. The van der Waals surface area contributed by atoms with Crippen LogP contribution in [0.3, 0.4) is 0 Å². The van der Waals surface area contributed by atoms with E-state index >= 15 is 0 Å². The summed E-state index contributed by atoms with van der Waals surface area (Å²) in [5.41, 5.74) is 2.65. The minimum atomic E-state index is -2.71. The number of nitrogens with one attached hydrogen (secondary N) is 2. The summed E-state index contributed by atoms with van der Waals surface area (Å²) in [7, 11) is 0. The number of benzene rings is 1. The van der Waals surface area contributed by atoms with E-state index in [1.165, 1.54) is 12.1 Å². The van der Waals surface area contributed by atoms with Gasteiger partial charge in [-0.3, -0.25) is 19.4 Å². The van der Waals surface area contributed by atoms with E-state index in [1.54, 1.807) is 21.5 Å². The van der Waals surface area contributed by atoms with Gasteiger partial charge in [-0.1, -0.05) is 26.0 Å². The third kappa shape index (κ3) is 5.95. The molecule has 5 heterocycles. The van der Waals surface area contributed by atoms with E-state index in [-0.39, 0.29) is 36.2 Å². The van der Waals surface area contributed by atoms with Gasteiger partial charge in [0.15, 0.2) is 5.65 Å². The summed E-state index contributed by atoms with van der Waals surface area (Å²) in [5.74, 6) is -1.61. The minimum absolute atomic E-state index is 0.0430. The molecule has 0 saturated carbocycles. The molecule has 0 bridgehead atoms. The zero-order chi connectivity index (χ0) is 33.7. The SMILES string of the molecule is [2H]C([2H])([2H])NC(=O)c1nc2c(Cc3ccc(F)cc3)cc3c(n2n1)C(C)(C)CN3C(=O)CN1C[C@@H](C)NC[C@@H]1CN1CCOC[C@H]1C. The van der Waals surface area contributed by atoms with Gasteiger partial charge in [0, 0.05) is 79.3 Å². The fourth-order valence-corrected chi connectivity index (χ4v) is 6.77. The van der Waals surface area contributed by atoms with Crippen LogP contribution in [-0.2, 0) is 21.4 Å². The molecule has 12 heteroatoms. The first-order valence-electron chi connectivity index (χ1n) is 16.8. The number of pyridine rings is 1. The van der Waals surface area contributed by atoms with E-state index in [1.807, 2.05) is 25.2 Å². The Morgan fingerprint density at radius 2 is 2.02 bits per heavy atom. The number of morpholine rings is 1. The van der Waals surface area contributed by atoms with Gasteiger partial charge in [-0.2, -0.15) is 0 Å². The van der Waals surface area contributed by atoms with Crippen molar-refractivity contribution >= 4 is 23.1 Å². The average molecular weight is 610 g/mol. The normalized spacial score (nSPS) is 25.3. The number of nitrogens with zero attached hydrogens (tertiary/aromatic N) is 6. The number of carbonyl (C=O) groups excluding carboxylic acids is 2.